The van der Waals surface area contributed by atoms with E-state index in [0.717, 1.165) is 12.5 Å². The van der Waals surface area contributed by atoms with Crippen molar-refractivity contribution in [2.24, 2.45) is 11.8 Å². The highest BCUT2D eigenvalue weighted by Gasteiger charge is 2.22. The first-order valence-electron chi connectivity index (χ1n) is 7.20. The molecule has 2 atom stereocenters. The van der Waals surface area contributed by atoms with Crippen molar-refractivity contribution in [2.45, 2.75) is 32.6 Å². The summed E-state index contributed by atoms with van der Waals surface area (Å²) in [6.07, 6.45) is 6.73. The van der Waals surface area contributed by atoms with Crippen LogP contribution in [0.5, 0.6) is 0 Å². The molecule has 5 nitrogen and oxygen atoms in total. The van der Waals surface area contributed by atoms with Crippen LogP contribution in [0, 0.1) is 11.8 Å². The van der Waals surface area contributed by atoms with Gasteiger partial charge in [0.05, 0.1) is 18.4 Å². The number of methoxy groups -OCH3 is 1. The number of rotatable bonds is 4. The second-order valence-electron chi connectivity index (χ2n) is 5.52. The molecule has 0 saturated heterocycles. The maximum Gasteiger partial charge on any atom is 0.340 e. The summed E-state index contributed by atoms with van der Waals surface area (Å²) in [4.78, 5) is 15.8. The summed E-state index contributed by atoms with van der Waals surface area (Å²) in [7, 11) is 1.35. The molecule has 0 amide bonds. The van der Waals surface area contributed by atoms with Crippen molar-refractivity contribution < 1.29 is 9.53 Å². The van der Waals surface area contributed by atoms with Crippen LogP contribution in [-0.2, 0) is 4.74 Å². The number of pyridine rings is 1. The third-order valence-corrected chi connectivity index (χ3v) is 4.22. The minimum Gasteiger partial charge on any atom is -0.465 e. The second-order valence-corrected chi connectivity index (χ2v) is 5.52. The lowest BCUT2D eigenvalue weighted by Gasteiger charge is -2.29. The molecule has 1 aromatic rings. The van der Waals surface area contributed by atoms with Crippen LogP contribution in [-0.4, -0.2) is 24.6 Å². The molecular weight excluding hydrogens is 254 g/mol. The fourth-order valence-corrected chi connectivity index (χ4v) is 2.83. The van der Waals surface area contributed by atoms with E-state index in [1.807, 2.05) is 0 Å². The highest BCUT2D eigenvalue weighted by atomic mass is 16.5. The third-order valence-electron chi connectivity index (χ3n) is 4.22. The van der Waals surface area contributed by atoms with Gasteiger partial charge < -0.3 is 15.8 Å². The quantitative estimate of drug-likeness (QED) is 0.827. The molecule has 1 heterocycles. The van der Waals surface area contributed by atoms with E-state index in [2.05, 4.69) is 17.2 Å². The van der Waals surface area contributed by atoms with Gasteiger partial charge in [0.25, 0.3) is 0 Å². The molecular formula is C15H23N3O2. The van der Waals surface area contributed by atoms with Gasteiger partial charge in [-0.2, -0.15) is 0 Å². The van der Waals surface area contributed by atoms with E-state index in [1.54, 1.807) is 12.3 Å². The fraction of sp³-hybridized carbons (Fsp3) is 0.600. The van der Waals surface area contributed by atoms with Crippen LogP contribution in [0.15, 0.2) is 12.3 Å². The normalized spacial score (nSPS) is 22.3. The maximum absolute atomic E-state index is 11.6. The lowest BCUT2D eigenvalue weighted by Crippen LogP contribution is -2.25. The third kappa shape index (κ3) is 3.21. The Balaban J connectivity index is 2.04. The Hall–Kier alpha value is -1.78. The zero-order valence-electron chi connectivity index (χ0n) is 12.2. The molecule has 0 aliphatic heterocycles. The van der Waals surface area contributed by atoms with Crippen molar-refractivity contribution in [3.63, 3.8) is 0 Å². The summed E-state index contributed by atoms with van der Waals surface area (Å²) < 4.78 is 4.71. The Morgan fingerprint density at radius 1 is 1.50 bits per heavy atom. The molecule has 0 spiro atoms. The number of carbonyl (C=O) groups excluding carboxylic acids is 1. The molecule has 2 unspecified atom stereocenters. The smallest absolute Gasteiger partial charge is 0.340 e. The van der Waals surface area contributed by atoms with Gasteiger partial charge in [0.1, 0.15) is 5.82 Å². The van der Waals surface area contributed by atoms with Gasteiger partial charge in [-0.3, -0.25) is 0 Å². The van der Waals surface area contributed by atoms with Gasteiger partial charge in [0, 0.05) is 12.7 Å². The van der Waals surface area contributed by atoms with Gasteiger partial charge in [-0.25, -0.2) is 9.78 Å². The number of aromatic nitrogens is 1. The number of carbonyl (C=O) groups is 1. The van der Waals surface area contributed by atoms with E-state index in [0.29, 0.717) is 23.0 Å². The van der Waals surface area contributed by atoms with Crippen LogP contribution in [0.25, 0.3) is 0 Å². The predicted molar refractivity (Wildman–Crippen MR) is 79.6 cm³/mol. The van der Waals surface area contributed by atoms with Gasteiger partial charge in [-0.1, -0.05) is 26.2 Å². The number of nitrogen functional groups attached to an aromatic ring is 1. The first-order chi connectivity index (χ1) is 9.63. The molecule has 20 heavy (non-hydrogen) atoms. The number of nitrogens with zero attached hydrogens (tertiary/aromatic N) is 1. The zero-order valence-corrected chi connectivity index (χ0v) is 12.2. The first-order valence-corrected chi connectivity index (χ1v) is 7.20. The minimum absolute atomic E-state index is 0.363. The SMILES string of the molecule is COC(=O)c1ccnc(NCC2CCCCC2C)c1N. The number of anilines is 2. The molecule has 5 heteroatoms. The van der Waals surface area contributed by atoms with Gasteiger partial charge in [-0.15, -0.1) is 0 Å². The van der Waals surface area contributed by atoms with Crippen molar-refractivity contribution >= 4 is 17.5 Å². The highest BCUT2D eigenvalue weighted by Crippen LogP contribution is 2.30. The number of hydrogen-bond donors (Lipinski definition) is 2. The Morgan fingerprint density at radius 3 is 2.95 bits per heavy atom. The zero-order chi connectivity index (χ0) is 14.5. The molecule has 1 aliphatic rings. The monoisotopic (exact) mass is 277 g/mol. The number of hydrogen-bond acceptors (Lipinski definition) is 5. The number of esters is 1. The lowest BCUT2D eigenvalue weighted by atomic mass is 9.80. The first kappa shape index (κ1) is 14.6. The number of ether oxygens (including phenoxy) is 1. The molecule has 2 rings (SSSR count). The van der Waals surface area contributed by atoms with E-state index in [1.165, 1.54) is 32.8 Å². The van der Waals surface area contributed by atoms with E-state index >= 15 is 0 Å². The molecule has 1 aliphatic carbocycles. The molecule has 3 N–H and O–H groups in total. The van der Waals surface area contributed by atoms with Gasteiger partial charge in [-0.05, 0) is 24.3 Å². The summed E-state index contributed by atoms with van der Waals surface area (Å²) in [5.41, 5.74) is 6.71. The van der Waals surface area contributed by atoms with Gasteiger partial charge in [0.2, 0.25) is 0 Å². The van der Waals surface area contributed by atoms with E-state index < -0.39 is 5.97 Å². The van der Waals surface area contributed by atoms with E-state index in [9.17, 15) is 4.79 Å². The van der Waals surface area contributed by atoms with E-state index in [4.69, 9.17) is 10.5 Å². The molecule has 1 aromatic heterocycles. The minimum atomic E-state index is -0.431. The average molecular weight is 277 g/mol. The summed E-state index contributed by atoms with van der Waals surface area (Å²) >= 11 is 0. The average Bonchev–Trinajstić information content (AvgIpc) is 2.47. The van der Waals surface area contributed by atoms with E-state index in [-0.39, 0.29) is 0 Å². The molecule has 1 fully saturated rings. The predicted octanol–water partition coefficient (Wildman–Crippen LogP) is 2.69. The Kier molecular flexibility index (Phi) is 4.82. The summed E-state index contributed by atoms with van der Waals surface area (Å²) in [6, 6.07) is 1.58. The fourth-order valence-electron chi connectivity index (χ4n) is 2.83. The standard InChI is InChI=1S/C15H23N3O2/c1-10-5-3-4-6-11(10)9-18-14-13(16)12(7-8-17-14)15(19)20-2/h7-8,10-11H,3-6,9,16H2,1-2H3,(H,17,18). The van der Waals surface area contributed by atoms with Gasteiger partial charge in [0.15, 0.2) is 0 Å². The summed E-state index contributed by atoms with van der Waals surface area (Å²) in [5, 5.41) is 3.29. The van der Waals surface area contributed by atoms with Crippen LogP contribution >= 0.6 is 0 Å². The molecule has 0 aromatic carbocycles. The van der Waals surface area contributed by atoms with Crippen molar-refractivity contribution in [3.05, 3.63) is 17.8 Å². The van der Waals surface area contributed by atoms with Crippen LogP contribution in [0.3, 0.4) is 0 Å². The van der Waals surface area contributed by atoms with Crippen molar-refractivity contribution in [2.75, 3.05) is 24.7 Å². The van der Waals surface area contributed by atoms with Crippen LogP contribution in [0.4, 0.5) is 11.5 Å². The molecule has 0 radical (unpaired) electrons. The lowest BCUT2D eigenvalue weighted by molar-refractivity contribution is 0.0602. The number of nitrogens with two attached hydrogens (primary N) is 1. The van der Waals surface area contributed by atoms with Crippen molar-refractivity contribution in [1.29, 1.82) is 0 Å². The second kappa shape index (κ2) is 6.59. The Bertz CT molecular complexity index is 476. The van der Waals surface area contributed by atoms with Gasteiger partial charge >= 0.3 is 5.97 Å². The van der Waals surface area contributed by atoms with Crippen LogP contribution in [0.1, 0.15) is 43.0 Å². The highest BCUT2D eigenvalue weighted by molar-refractivity contribution is 5.97. The summed E-state index contributed by atoms with van der Waals surface area (Å²) in [6.45, 7) is 3.15. The molecule has 110 valence electrons. The summed E-state index contributed by atoms with van der Waals surface area (Å²) in [5.74, 6) is 1.51. The molecule has 0 bridgehead atoms. The van der Waals surface area contributed by atoms with Crippen LogP contribution in [0.2, 0.25) is 0 Å². The van der Waals surface area contributed by atoms with Crippen molar-refractivity contribution in [1.82, 2.24) is 4.98 Å². The Labute approximate surface area is 119 Å². The maximum atomic E-state index is 11.6. The van der Waals surface area contributed by atoms with Crippen LogP contribution < -0.4 is 11.1 Å². The molecule has 1 saturated carbocycles. The number of nitrogens with one attached hydrogen (secondary N) is 1. The van der Waals surface area contributed by atoms with Crippen molar-refractivity contribution in [3.8, 4) is 0 Å². The Morgan fingerprint density at radius 2 is 2.25 bits per heavy atom. The topological polar surface area (TPSA) is 77.2 Å². The largest absolute Gasteiger partial charge is 0.465 e.